The molecule has 1 atom stereocenters. The fraction of sp³-hybridized carbons (Fsp3) is 0.167. The maximum absolute atomic E-state index is 5.66. The summed E-state index contributed by atoms with van der Waals surface area (Å²) in [6.45, 7) is 5.79. The van der Waals surface area contributed by atoms with E-state index in [2.05, 4.69) is 16.8 Å². The second kappa shape index (κ2) is 4.55. The first kappa shape index (κ1) is 11.6. The molecule has 1 aromatic carbocycles. The number of aromatic nitrogens is 3. The minimum Gasteiger partial charge on any atom is -0.399 e. The van der Waals surface area contributed by atoms with Crippen LogP contribution in [-0.2, 0) is 0 Å². The Kier molecular flexibility index (Phi) is 3.10. The third-order valence-electron chi connectivity index (χ3n) is 2.62. The second-order valence-electron chi connectivity index (χ2n) is 3.82. The van der Waals surface area contributed by atoms with Crippen molar-refractivity contribution in [3.8, 4) is 11.4 Å². The van der Waals surface area contributed by atoms with Crippen LogP contribution in [0.4, 0.5) is 5.69 Å². The van der Waals surface area contributed by atoms with E-state index in [-0.39, 0.29) is 6.04 Å². The predicted molar refractivity (Wildman–Crippen MR) is 72.2 cm³/mol. The number of hydrogen-bond acceptors (Lipinski definition) is 3. The van der Waals surface area contributed by atoms with Crippen molar-refractivity contribution < 1.29 is 0 Å². The summed E-state index contributed by atoms with van der Waals surface area (Å²) in [4.78, 5) is 0. The van der Waals surface area contributed by atoms with E-state index in [9.17, 15) is 0 Å². The summed E-state index contributed by atoms with van der Waals surface area (Å²) >= 11 is 5.21. The Hall–Kier alpha value is -1.88. The molecule has 2 aromatic rings. The van der Waals surface area contributed by atoms with Crippen molar-refractivity contribution >= 4 is 17.9 Å². The monoisotopic (exact) mass is 246 g/mol. The molecule has 4 nitrogen and oxygen atoms in total. The number of nitrogens with one attached hydrogen (secondary N) is 1. The van der Waals surface area contributed by atoms with Crippen LogP contribution >= 0.6 is 12.2 Å². The van der Waals surface area contributed by atoms with Gasteiger partial charge >= 0.3 is 0 Å². The highest BCUT2D eigenvalue weighted by Crippen LogP contribution is 2.22. The van der Waals surface area contributed by atoms with Crippen LogP contribution in [0, 0.1) is 4.77 Å². The average molecular weight is 246 g/mol. The van der Waals surface area contributed by atoms with Crippen LogP contribution in [0.15, 0.2) is 36.9 Å². The van der Waals surface area contributed by atoms with E-state index in [0.717, 1.165) is 17.1 Å². The second-order valence-corrected chi connectivity index (χ2v) is 4.21. The number of anilines is 1. The van der Waals surface area contributed by atoms with Crippen LogP contribution in [0.5, 0.6) is 0 Å². The Morgan fingerprint density at radius 3 is 2.71 bits per heavy atom. The largest absolute Gasteiger partial charge is 0.399 e. The topological polar surface area (TPSA) is 59.6 Å². The Bertz CT molecular complexity index is 579. The normalized spacial score (nSPS) is 12.3. The van der Waals surface area contributed by atoms with Gasteiger partial charge in [0, 0.05) is 11.3 Å². The molecule has 0 aliphatic rings. The zero-order valence-electron chi connectivity index (χ0n) is 9.55. The van der Waals surface area contributed by atoms with E-state index in [1.165, 1.54) is 0 Å². The molecular formula is C12H14N4S. The van der Waals surface area contributed by atoms with Gasteiger partial charge in [-0.1, -0.05) is 6.08 Å². The van der Waals surface area contributed by atoms with E-state index in [0.29, 0.717) is 4.77 Å². The number of H-pyrrole nitrogens is 1. The lowest BCUT2D eigenvalue weighted by Gasteiger charge is -2.11. The van der Waals surface area contributed by atoms with Gasteiger partial charge in [-0.3, -0.25) is 9.67 Å². The first-order chi connectivity index (χ1) is 8.13. The number of allylic oxidation sites excluding steroid dienone is 1. The van der Waals surface area contributed by atoms with Crippen molar-refractivity contribution in [2.24, 2.45) is 0 Å². The van der Waals surface area contributed by atoms with Gasteiger partial charge in [0.05, 0.1) is 6.04 Å². The third kappa shape index (κ3) is 2.14. The number of benzene rings is 1. The molecule has 3 N–H and O–H groups in total. The molecule has 0 amide bonds. The highest BCUT2D eigenvalue weighted by atomic mass is 32.1. The molecule has 88 valence electrons. The SMILES string of the molecule is C=CC(C)n1c(-c2ccc(N)cc2)n[nH]c1=S. The van der Waals surface area contributed by atoms with Gasteiger partial charge in [0.2, 0.25) is 0 Å². The van der Waals surface area contributed by atoms with Crippen LogP contribution in [-0.4, -0.2) is 14.8 Å². The van der Waals surface area contributed by atoms with E-state index < -0.39 is 0 Å². The summed E-state index contributed by atoms with van der Waals surface area (Å²) in [6, 6.07) is 7.62. The van der Waals surface area contributed by atoms with Crippen molar-refractivity contribution in [3.05, 3.63) is 41.7 Å². The van der Waals surface area contributed by atoms with Gasteiger partial charge in [0.15, 0.2) is 10.6 Å². The predicted octanol–water partition coefficient (Wildman–Crippen LogP) is 2.94. The van der Waals surface area contributed by atoms with Gasteiger partial charge in [0.25, 0.3) is 0 Å². The number of hydrogen-bond donors (Lipinski definition) is 2. The zero-order valence-corrected chi connectivity index (χ0v) is 10.4. The summed E-state index contributed by atoms with van der Waals surface area (Å²) in [5, 5.41) is 7.04. The third-order valence-corrected chi connectivity index (χ3v) is 2.91. The molecule has 1 aromatic heterocycles. The summed E-state index contributed by atoms with van der Waals surface area (Å²) in [5.41, 5.74) is 7.36. The van der Waals surface area contributed by atoms with Crippen molar-refractivity contribution in [1.29, 1.82) is 0 Å². The van der Waals surface area contributed by atoms with Gasteiger partial charge in [-0.2, -0.15) is 5.10 Å². The Morgan fingerprint density at radius 2 is 2.12 bits per heavy atom. The van der Waals surface area contributed by atoms with E-state index >= 15 is 0 Å². The first-order valence-corrected chi connectivity index (χ1v) is 5.69. The lowest BCUT2D eigenvalue weighted by molar-refractivity contribution is 0.657. The standard InChI is InChI=1S/C12H14N4S/c1-3-8(2)16-11(14-15-12(16)17)9-4-6-10(13)7-5-9/h3-8H,1,13H2,2H3,(H,15,17). The maximum Gasteiger partial charge on any atom is 0.195 e. The van der Waals surface area contributed by atoms with Crippen molar-refractivity contribution in [2.75, 3.05) is 5.73 Å². The van der Waals surface area contributed by atoms with Gasteiger partial charge in [-0.15, -0.1) is 6.58 Å². The minimum atomic E-state index is 0.0915. The fourth-order valence-electron chi connectivity index (χ4n) is 1.62. The minimum absolute atomic E-state index is 0.0915. The summed E-state index contributed by atoms with van der Waals surface area (Å²) < 4.78 is 2.51. The molecule has 0 aliphatic carbocycles. The summed E-state index contributed by atoms with van der Waals surface area (Å²) in [5.74, 6) is 0.794. The highest BCUT2D eigenvalue weighted by Gasteiger charge is 2.11. The smallest absolute Gasteiger partial charge is 0.195 e. The van der Waals surface area contributed by atoms with E-state index in [1.54, 1.807) is 0 Å². The Labute approximate surface area is 105 Å². The lowest BCUT2D eigenvalue weighted by Crippen LogP contribution is -2.04. The average Bonchev–Trinajstić information content (AvgIpc) is 2.71. The highest BCUT2D eigenvalue weighted by molar-refractivity contribution is 7.71. The van der Waals surface area contributed by atoms with E-state index in [1.807, 2.05) is 41.8 Å². The van der Waals surface area contributed by atoms with Gasteiger partial charge in [-0.05, 0) is 43.4 Å². The zero-order chi connectivity index (χ0) is 12.4. The van der Waals surface area contributed by atoms with E-state index in [4.69, 9.17) is 18.0 Å². The molecule has 0 fully saturated rings. The number of aromatic amines is 1. The summed E-state index contributed by atoms with van der Waals surface area (Å²) in [7, 11) is 0. The van der Waals surface area contributed by atoms with Crippen molar-refractivity contribution in [3.63, 3.8) is 0 Å². The Morgan fingerprint density at radius 1 is 1.47 bits per heavy atom. The number of rotatable bonds is 3. The molecule has 0 radical (unpaired) electrons. The molecule has 0 aliphatic heterocycles. The van der Waals surface area contributed by atoms with Crippen LogP contribution < -0.4 is 5.73 Å². The quantitative estimate of drug-likeness (QED) is 0.497. The molecule has 0 spiro atoms. The van der Waals surface area contributed by atoms with Crippen LogP contribution in [0.2, 0.25) is 0 Å². The fourth-order valence-corrected chi connectivity index (χ4v) is 1.92. The number of nitrogens with zero attached hydrogens (tertiary/aromatic N) is 2. The van der Waals surface area contributed by atoms with Gasteiger partial charge in [0.1, 0.15) is 0 Å². The first-order valence-electron chi connectivity index (χ1n) is 5.29. The number of nitrogen functional groups attached to an aromatic ring is 1. The molecule has 2 rings (SSSR count). The lowest BCUT2D eigenvalue weighted by atomic mass is 10.2. The molecule has 0 bridgehead atoms. The van der Waals surface area contributed by atoms with Crippen LogP contribution in [0.1, 0.15) is 13.0 Å². The summed E-state index contributed by atoms with van der Waals surface area (Å²) in [6.07, 6.45) is 1.83. The number of nitrogens with two attached hydrogens (primary N) is 1. The van der Waals surface area contributed by atoms with Crippen molar-refractivity contribution in [2.45, 2.75) is 13.0 Å². The Balaban J connectivity index is 2.56. The molecule has 17 heavy (non-hydrogen) atoms. The maximum atomic E-state index is 5.66. The molecule has 1 unspecified atom stereocenters. The van der Waals surface area contributed by atoms with Crippen LogP contribution in [0.25, 0.3) is 11.4 Å². The molecule has 5 heteroatoms. The molecular weight excluding hydrogens is 232 g/mol. The van der Waals surface area contributed by atoms with Crippen LogP contribution in [0.3, 0.4) is 0 Å². The van der Waals surface area contributed by atoms with Gasteiger partial charge in [-0.25, -0.2) is 0 Å². The molecule has 1 heterocycles. The molecule has 0 saturated carbocycles. The molecule has 0 saturated heterocycles. The van der Waals surface area contributed by atoms with Gasteiger partial charge < -0.3 is 5.73 Å². The van der Waals surface area contributed by atoms with Crippen molar-refractivity contribution in [1.82, 2.24) is 14.8 Å².